The summed E-state index contributed by atoms with van der Waals surface area (Å²) in [6.45, 7) is 1.48. The van der Waals surface area contributed by atoms with E-state index in [0.29, 0.717) is 29.4 Å². The van der Waals surface area contributed by atoms with Crippen LogP contribution in [0.4, 0.5) is 6.01 Å². The number of oxazole rings is 1. The Morgan fingerprint density at radius 3 is 2.91 bits per heavy atom. The van der Waals surface area contributed by atoms with Crippen LogP contribution in [-0.2, 0) is 0 Å². The van der Waals surface area contributed by atoms with Gasteiger partial charge in [0.2, 0.25) is 5.65 Å². The van der Waals surface area contributed by atoms with Crippen LogP contribution < -0.4 is 10.2 Å². The summed E-state index contributed by atoms with van der Waals surface area (Å²) in [5.74, 6) is -0.0447. The number of rotatable bonds is 3. The molecule has 0 saturated carbocycles. The number of fused-ring (bicyclic) bond motifs is 1. The molecule has 6 nitrogen and oxygen atoms in total. The van der Waals surface area contributed by atoms with Crippen LogP contribution in [-0.4, -0.2) is 35.0 Å². The van der Waals surface area contributed by atoms with Gasteiger partial charge in [-0.05, 0) is 30.7 Å². The predicted octanol–water partition coefficient (Wildman–Crippen LogP) is 2.23. The zero-order valence-corrected chi connectivity index (χ0v) is 12.5. The number of hydrogen-bond donors (Lipinski definition) is 1. The van der Waals surface area contributed by atoms with E-state index in [1.807, 2.05) is 47.4 Å². The molecule has 3 aromatic rings. The lowest BCUT2D eigenvalue weighted by molar-refractivity contribution is 0.0940. The SMILES string of the molecule is O=C(NC1CCN(c2nc3ncccc3o2)C1)c1ccccc1. The van der Waals surface area contributed by atoms with Crippen LogP contribution in [0, 0.1) is 0 Å². The molecule has 3 heterocycles. The minimum Gasteiger partial charge on any atom is -0.422 e. The molecule has 116 valence electrons. The maximum absolute atomic E-state index is 12.2. The Balaban J connectivity index is 1.44. The van der Waals surface area contributed by atoms with Crippen molar-refractivity contribution in [1.82, 2.24) is 15.3 Å². The molecule has 6 heteroatoms. The molecular weight excluding hydrogens is 292 g/mol. The van der Waals surface area contributed by atoms with Crippen LogP contribution in [0.25, 0.3) is 11.2 Å². The van der Waals surface area contributed by atoms with Gasteiger partial charge >= 0.3 is 0 Å². The van der Waals surface area contributed by atoms with E-state index < -0.39 is 0 Å². The highest BCUT2D eigenvalue weighted by molar-refractivity contribution is 5.94. The fraction of sp³-hybridized carbons (Fsp3) is 0.235. The molecule has 1 N–H and O–H groups in total. The van der Waals surface area contributed by atoms with Crippen LogP contribution in [0.1, 0.15) is 16.8 Å². The van der Waals surface area contributed by atoms with Crippen LogP contribution in [0.15, 0.2) is 53.1 Å². The molecule has 23 heavy (non-hydrogen) atoms. The molecule has 4 rings (SSSR count). The summed E-state index contributed by atoms with van der Waals surface area (Å²) < 4.78 is 5.73. The molecular formula is C17H16N4O2. The second kappa shape index (κ2) is 5.72. The number of nitrogens with one attached hydrogen (secondary N) is 1. The van der Waals surface area contributed by atoms with Gasteiger partial charge in [-0.2, -0.15) is 4.98 Å². The second-order valence-electron chi connectivity index (χ2n) is 5.59. The average molecular weight is 308 g/mol. The van der Waals surface area contributed by atoms with E-state index in [4.69, 9.17) is 4.42 Å². The normalized spacial score (nSPS) is 17.6. The highest BCUT2D eigenvalue weighted by atomic mass is 16.4. The summed E-state index contributed by atoms with van der Waals surface area (Å²) in [5.41, 5.74) is 1.97. The number of carbonyl (C=O) groups is 1. The lowest BCUT2D eigenvalue weighted by Crippen LogP contribution is -2.37. The van der Waals surface area contributed by atoms with E-state index in [-0.39, 0.29) is 11.9 Å². The fourth-order valence-electron chi connectivity index (χ4n) is 2.80. The van der Waals surface area contributed by atoms with Crippen molar-refractivity contribution in [2.75, 3.05) is 18.0 Å². The quantitative estimate of drug-likeness (QED) is 0.803. The van der Waals surface area contributed by atoms with Crippen molar-refractivity contribution < 1.29 is 9.21 Å². The van der Waals surface area contributed by atoms with Crippen molar-refractivity contribution in [2.24, 2.45) is 0 Å². The molecule has 1 aliphatic rings. The topological polar surface area (TPSA) is 71.3 Å². The highest BCUT2D eigenvalue weighted by Crippen LogP contribution is 2.23. The molecule has 1 aliphatic heterocycles. The smallest absolute Gasteiger partial charge is 0.300 e. The van der Waals surface area contributed by atoms with Crippen molar-refractivity contribution in [2.45, 2.75) is 12.5 Å². The average Bonchev–Trinajstić information content (AvgIpc) is 3.21. The Morgan fingerprint density at radius 1 is 1.22 bits per heavy atom. The lowest BCUT2D eigenvalue weighted by Gasteiger charge is -2.14. The van der Waals surface area contributed by atoms with Crippen molar-refractivity contribution in [3.05, 3.63) is 54.2 Å². The maximum Gasteiger partial charge on any atom is 0.300 e. The molecule has 1 unspecified atom stereocenters. The first kappa shape index (κ1) is 13.8. The summed E-state index contributed by atoms with van der Waals surface area (Å²) in [6.07, 6.45) is 2.56. The van der Waals surface area contributed by atoms with Gasteiger partial charge in [-0.3, -0.25) is 4.79 Å². The zero-order valence-electron chi connectivity index (χ0n) is 12.5. The summed E-state index contributed by atoms with van der Waals surface area (Å²) in [6, 6.07) is 13.6. The maximum atomic E-state index is 12.2. The van der Waals surface area contributed by atoms with Crippen molar-refractivity contribution in [1.29, 1.82) is 0 Å². The van der Waals surface area contributed by atoms with Crippen molar-refractivity contribution in [3.63, 3.8) is 0 Å². The first-order valence-electron chi connectivity index (χ1n) is 7.62. The van der Waals surface area contributed by atoms with Gasteiger partial charge in [0.05, 0.1) is 0 Å². The monoisotopic (exact) mass is 308 g/mol. The van der Waals surface area contributed by atoms with Gasteiger partial charge in [0.1, 0.15) is 0 Å². The Kier molecular flexibility index (Phi) is 3.42. The van der Waals surface area contributed by atoms with E-state index in [1.165, 1.54) is 0 Å². The minimum absolute atomic E-state index is 0.0447. The first-order valence-corrected chi connectivity index (χ1v) is 7.62. The number of aromatic nitrogens is 2. The second-order valence-corrected chi connectivity index (χ2v) is 5.59. The number of amides is 1. The van der Waals surface area contributed by atoms with Gasteiger partial charge < -0.3 is 14.6 Å². The molecule has 1 fully saturated rings. The summed E-state index contributed by atoms with van der Waals surface area (Å²) in [5, 5.41) is 3.06. The third kappa shape index (κ3) is 2.75. The number of anilines is 1. The summed E-state index contributed by atoms with van der Waals surface area (Å²) in [4.78, 5) is 22.8. The number of pyridine rings is 1. The van der Waals surface area contributed by atoms with E-state index in [1.54, 1.807) is 6.20 Å². The predicted molar refractivity (Wildman–Crippen MR) is 86.3 cm³/mol. The molecule has 0 radical (unpaired) electrons. The van der Waals surface area contributed by atoms with Gasteiger partial charge in [-0.15, -0.1) is 0 Å². The highest BCUT2D eigenvalue weighted by Gasteiger charge is 2.27. The third-order valence-electron chi connectivity index (χ3n) is 3.98. The van der Waals surface area contributed by atoms with Crippen LogP contribution in [0.2, 0.25) is 0 Å². The largest absolute Gasteiger partial charge is 0.422 e. The van der Waals surface area contributed by atoms with Gasteiger partial charge in [0.25, 0.3) is 11.9 Å². The minimum atomic E-state index is -0.0447. The van der Waals surface area contributed by atoms with E-state index >= 15 is 0 Å². The van der Waals surface area contributed by atoms with Crippen LogP contribution >= 0.6 is 0 Å². The Hall–Kier alpha value is -2.89. The Labute approximate surface area is 133 Å². The first-order chi connectivity index (χ1) is 11.3. The Bertz CT molecular complexity index is 798. The summed E-state index contributed by atoms with van der Waals surface area (Å²) >= 11 is 0. The summed E-state index contributed by atoms with van der Waals surface area (Å²) in [7, 11) is 0. The van der Waals surface area contributed by atoms with E-state index in [2.05, 4.69) is 15.3 Å². The van der Waals surface area contributed by atoms with Crippen molar-refractivity contribution >= 4 is 23.2 Å². The molecule has 1 saturated heterocycles. The molecule has 1 atom stereocenters. The van der Waals surface area contributed by atoms with Gasteiger partial charge in [0, 0.05) is 30.9 Å². The molecule has 0 bridgehead atoms. The van der Waals surface area contributed by atoms with Crippen LogP contribution in [0.5, 0.6) is 0 Å². The van der Waals surface area contributed by atoms with Gasteiger partial charge in [-0.1, -0.05) is 18.2 Å². The zero-order chi connectivity index (χ0) is 15.6. The number of benzene rings is 1. The Morgan fingerprint density at radius 2 is 2.09 bits per heavy atom. The van der Waals surface area contributed by atoms with Gasteiger partial charge in [0.15, 0.2) is 5.58 Å². The van der Waals surface area contributed by atoms with E-state index in [9.17, 15) is 4.79 Å². The van der Waals surface area contributed by atoms with E-state index in [0.717, 1.165) is 13.0 Å². The molecule has 2 aromatic heterocycles. The van der Waals surface area contributed by atoms with Crippen molar-refractivity contribution in [3.8, 4) is 0 Å². The fourth-order valence-corrected chi connectivity index (χ4v) is 2.80. The number of carbonyl (C=O) groups excluding carboxylic acids is 1. The lowest BCUT2D eigenvalue weighted by atomic mass is 10.2. The number of nitrogens with zero attached hydrogens (tertiary/aromatic N) is 3. The van der Waals surface area contributed by atoms with Crippen LogP contribution in [0.3, 0.4) is 0 Å². The molecule has 0 spiro atoms. The number of hydrogen-bond acceptors (Lipinski definition) is 5. The molecule has 0 aliphatic carbocycles. The van der Waals surface area contributed by atoms with Gasteiger partial charge in [-0.25, -0.2) is 4.98 Å². The standard InChI is InChI=1S/C17H16N4O2/c22-16(12-5-2-1-3-6-12)19-13-8-10-21(11-13)17-20-15-14(23-17)7-4-9-18-15/h1-7,9,13H,8,10-11H2,(H,19,22). The molecule has 1 aromatic carbocycles. The molecule has 1 amide bonds. The third-order valence-corrected chi connectivity index (χ3v) is 3.98.